The second-order valence-corrected chi connectivity index (χ2v) is 16.8. The van der Waals surface area contributed by atoms with Crippen LogP contribution in [0, 0.1) is 0 Å². The standard InChI is InChI=1S/2C13H8F17NO6S.2Na/c2*14-6(15,8(18,19)10(22,23)12(26,27)28)7(16,17)9(20,21)11(24,25)13(29,30)38(35,36)37-4(32)2-1-3(31)5(33)34;;/h2*3H,1-2,31H2,(H,33,34);;/q;;2*+1/p-2/t2*3-;;/m00../s1. The zero-order valence-corrected chi connectivity index (χ0v) is 41.3. The summed E-state index contributed by atoms with van der Waals surface area (Å²) in [6.45, 7) is 0. The van der Waals surface area contributed by atoms with Gasteiger partial charge in [-0.2, -0.15) is 166 Å². The third kappa shape index (κ3) is 13.4. The van der Waals surface area contributed by atoms with Gasteiger partial charge in [0, 0.05) is 24.9 Å². The van der Waals surface area contributed by atoms with Gasteiger partial charge in [0.25, 0.3) is 0 Å². The summed E-state index contributed by atoms with van der Waals surface area (Å²) >= 11 is 0. The summed E-state index contributed by atoms with van der Waals surface area (Å²) in [5, 5.41) is 4.45. The van der Waals surface area contributed by atoms with Crippen molar-refractivity contribution in [2.75, 3.05) is 0 Å². The summed E-state index contributed by atoms with van der Waals surface area (Å²) in [4.78, 5) is 42.7. The summed E-state index contributed by atoms with van der Waals surface area (Å²) in [6.07, 6.45) is -22.1. The van der Waals surface area contributed by atoms with E-state index in [2.05, 4.69) is 8.37 Å². The molecule has 0 saturated heterocycles. The molecule has 4 N–H and O–H groups in total. The maximum atomic E-state index is 13.7. The van der Waals surface area contributed by atoms with Crippen LogP contribution in [0.5, 0.6) is 0 Å². The summed E-state index contributed by atoms with van der Waals surface area (Å²) in [7, 11) is -16.1. The molecule has 0 aliphatic heterocycles. The molecule has 0 aromatic rings. The SMILES string of the molecule is N[C@@H](CCC(=O)OS(=O)(=O)C(F)(F)C(F)(F)C(F)(F)C(F)(F)C(F)(F)C(F)(F)C(F)(F)C(F)(F)F)C(=O)[O-].N[C@@H](CCC(=O)OS(=O)(=O)C(F)(F)C(F)(F)C(F)(F)C(F)(F)C(F)(F)C(F)(F)C(F)(F)C(F)(F)F)C(=O)[O-].[Na+].[Na+]. The minimum Gasteiger partial charge on any atom is -0.548 e. The number of nitrogens with two attached hydrogens (primary N) is 2. The topological polar surface area (TPSA) is 253 Å². The average Bonchev–Trinajstić information content (AvgIpc) is 3.19. The quantitative estimate of drug-likeness (QED) is 0.0695. The molecular formula is C26H14F34N2Na2O12S2. The van der Waals surface area contributed by atoms with Gasteiger partial charge in [-0.25, -0.2) is 0 Å². The van der Waals surface area contributed by atoms with Crippen molar-refractivity contribution in [3.05, 3.63) is 0 Å². The molecule has 0 aliphatic rings. The van der Waals surface area contributed by atoms with Crippen molar-refractivity contribution in [2.45, 2.75) is 132 Å². The minimum absolute atomic E-state index is 0. The van der Waals surface area contributed by atoms with E-state index in [0.29, 0.717) is 0 Å². The van der Waals surface area contributed by atoms with Gasteiger partial charge in [-0.3, -0.25) is 9.59 Å². The Kier molecular flexibility index (Phi) is 25.1. The first kappa shape index (κ1) is 81.8. The molecule has 0 aromatic carbocycles. The zero-order chi connectivity index (χ0) is 62.7. The first-order valence-corrected chi connectivity index (χ1v) is 19.6. The van der Waals surface area contributed by atoms with Crippen LogP contribution in [0.1, 0.15) is 25.7 Å². The van der Waals surface area contributed by atoms with E-state index in [0.717, 1.165) is 0 Å². The maximum absolute atomic E-state index is 13.7. The van der Waals surface area contributed by atoms with Crippen LogP contribution in [0.15, 0.2) is 0 Å². The number of alkyl halides is 34. The summed E-state index contributed by atoms with van der Waals surface area (Å²) in [6, 6.07) is -4.46. The first-order chi connectivity index (χ1) is 32.4. The van der Waals surface area contributed by atoms with E-state index < -0.39 is 176 Å². The number of carboxylic acids is 2. The van der Waals surface area contributed by atoms with Gasteiger partial charge < -0.3 is 39.6 Å². The van der Waals surface area contributed by atoms with Crippen molar-refractivity contribution < 1.29 is 263 Å². The molecule has 0 spiro atoms. The van der Waals surface area contributed by atoms with Gasteiger partial charge in [0.15, 0.2) is 0 Å². The van der Waals surface area contributed by atoms with E-state index in [1.165, 1.54) is 0 Å². The van der Waals surface area contributed by atoms with E-state index in [-0.39, 0.29) is 59.1 Å². The van der Waals surface area contributed by atoms with Crippen molar-refractivity contribution in [1.29, 1.82) is 0 Å². The van der Waals surface area contributed by atoms with Crippen molar-refractivity contribution in [1.82, 2.24) is 0 Å². The second-order valence-electron chi connectivity index (χ2n) is 13.7. The van der Waals surface area contributed by atoms with Crippen LogP contribution < -0.4 is 80.8 Å². The fourth-order valence-corrected chi connectivity index (χ4v) is 5.58. The first-order valence-electron chi connectivity index (χ1n) is 16.7. The van der Waals surface area contributed by atoms with E-state index in [4.69, 9.17) is 11.5 Å². The normalized spacial score (nSPS) is 15.8. The van der Waals surface area contributed by atoms with Crippen molar-refractivity contribution >= 4 is 44.1 Å². The molecule has 0 fully saturated rings. The molecular weight excluding hydrogens is 1290 g/mol. The van der Waals surface area contributed by atoms with Crippen molar-refractivity contribution in [3.8, 4) is 0 Å². The number of carbonyl (C=O) groups is 4. The molecule has 0 aromatic heterocycles. The molecule has 78 heavy (non-hydrogen) atoms. The number of hydrogen-bond donors (Lipinski definition) is 2. The summed E-state index contributed by atoms with van der Waals surface area (Å²) in [5.74, 6) is -116. The minimum atomic E-state index is -9.04. The van der Waals surface area contributed by atoms with Crippen molar-refractivity contribution in [2.24, 2.45) is 11.5 Å². The van der Waals surface area contributed by atoms with Crippen molar-refractivity contribution in [3.63, 3.8) is 0 Å². The van der Waals surface area contributed by atoms with Gasteiger partial charge in [0.2, 0.25) is 0 Å². The molecule has 0 amide bonds. The maximum Gasteiger partial charge on any atom is 1.00 e. The summed E-state index contributed by atoms with van der Waals surface area (Å²) in [5.41, 5.74) is 9.39. The third-order valence-electron chi connectivity index (χ3n) is 8.34. The number of halogens is 34. The predicted octanol–water partition coefficient (Wildman–Crippen LogP) is -0.625. The molecule has 0 saturated carbocycles. The Morgan fingerprint density at radius 3 is 0.641 bits per heavy atom. The Morgan fingerprint density at radius 1 is 0.333 bits per heavy atom. The smallest absolute Gasteiger partial charge is 0.548 e. The second kappa shape index (κ2) is 23.9. The Morgan fingerprint density at radius 2 is 0.487 bits per heavy atom. The molecule has 52 heteroatoms. The monoisotopic (exact) mass is 1300 g/mol. The number of carbonyl (C=O) groups excluding carboxylic acids is 4. The van der Waals surface area contributed by atoms with Gasteiger partial charge >= 0.3 is 185 Å². The van der Waals surface area contributed by atoms with Crippen LogP contribution in [0.4, 0.5) is 149 Å². The predicted molar refractivity (Wildman–Crippen MR) is 156 cm³/mol. The number of aliphatic carboxylic acids is 2. The van der Waals surface area contributed by atoms with E-state index in [1.807, 2.05) is 0 Å². The van der Waals surface area contributed by atoms with Gasteiger partial charge in [-0.05, 0) is 12.8 Å². The Hall–Kier alpha value is -2.68. The van der Waals surface area contributed by atoms with Crippen LogP contribution >= 0.6 is 0 Å². The Labute approximate surface area is 448 Å². The summed E-state index contributed by atoms with van der Waals surface area (Å²) < 4.78 is 496. The fourth-order valence-electron chi connectivity index (χ4n) is 3.83. The molecule has 0 unspecified atom stereocenters. The number of hydrogen-bond acceptors (Lipinski definition) is 14. The molecule has 14 nitrogen and oxygen atoms in total. The number of carboxylic acid groups (broad SMARTS) is 2. The molecule has 0 aliphatic carbocycles. The molecule has 0 rings (SSSR count). The van der Waals surface area contributed by atoms with Crippen LogP contribution in [0.25, 0.3) is 0 Å². The van der Waals surface area contributed by atoms with E-state index in [9.17, 15) is 196 Å². The molecule has 0 radical (unpaired) electrons. The zero-order valence-electron chi connectivity index (χ0n) is 35.7. The van der Waals surface area contributed by atoms with E-state index >= 15 is 0 Å². The van der Waals surface area contributed by atoms with Crippen LogP contribution in [-0.4, -0.2) is 147 Å². The third-order valence-corrected chi connectivity index (χ3v) is 10.9. The molecule has 452 valence electrons. The van der Waals surface area contributed by atoms with Crippen LogP contribution in [0.2, 0.25) is 0 Å². The molecule has 0 heterocycles. The van der Waals surface area contributed by atoms with Gasteiger partial charge in [0.05, 0.1) is 11.9 Å². The molecule has 0 bridgehead atoms. The largest absolute Gasteiger partial charge is 1.00 e. The molecule has 2 atom stereocenters. The van der Waals surface area contributed by atoms with Crippen LogP contribution in [-0.2, 0) is 47.8 Å². The van der Waals surface area contributed by atoms with Gasteiger partial charge in [-0.1, -0.05) is 0 Å². The van der Waals surface area contributed by atoms with Gasteiger partial charge in [0.1, 0.15) is 0 Å². The van der Waals surface area contributed by atoms with E-state index in [1.54, 1.807) is 0 Å². The Balaban J connectivity index is -0.000000684. The average molecular weight is 1300 g/mol. The van der Waals surface area contributed by atoms with Gasteiger partial charge in [-0.15, -0.1) is 0 Å². The fraction of sp³-hybridized carbons (Fsp3) is 0.846. The Bertz CT molecular complexity index is 2220. The van der Waals surface area contributed by atoms with Crippen LogP contribution in [0.3, 0.4) is 0 Å². The number of rotatable bonds is 24.